The molecule has 0 radical (unpaired) electrons. The van der Waals surface area contributed by atoms with Crippen LogP contribution in [0.25, 0.3) is 0 Å². The quantitative estimate of drug-likeness (QED) is 0.514. The number of nitrogens with two attached hydrogens (primary N) is 1. The average Bonchev–Trinajstić information content (AvgIpc) is 2.73. The predicted molar refractivity (Wildman–Crippen MR) is 121 cm³/mol. The van der Waals surface area contributed by atoms with Crippen molar-refractivity contribution < 1.29 is 0 Å². The number of rotatable bonds is 5. The van der Waals surface area contributed by atoms with E-state index >= 15 is 0 Å². The minimum absolute atomic E-state index is 0.733. The molecule has 4 rings (SSSR count). The van der Waals surface area contributed by atoms with Crippen LogP contribution in [0.3, 0.4) is 0 Å². The van der Waals surface area contributed by atoms with Crippen molar-refractivity contribution in [3.63, 3.8) is 0 Å². The zero-order valence-corrected chi connectivity index (χ0v) is 17.8. The molecule has 0 amide bonds. The Bertz CT molecular complexity index is 965. The van der Waals surface area contributed by atoms with Crippen molar-refractivity contribution in [1.82, 2.24) is 14.9 Å². The molecular formula is C23H27N5S. The zero-order valence-electron chi connectivity index (χ0n) is 17.0. The molecule has 0 bridgehead atoms. The Kier molecular flexibility index (Phi) is 6.02. The van der Waals surface area contributed by atoms with Gasteiger partial charge in [-0.2, -0.15) is 0 Å². The van der Waals surface area contributed by atoms with Gasteiger partial charge in [-0.15, -0.1) is 0 Å². The molecule has 1 saturated heterocycles. The van der Waals surface area contributed by atoms with Crippen molar-refractivity contribution >= 4 is 23.1 Å². The van der Waals surface area contributed by atoms with Crippen LogP contribution in [-0.4, -0.2) is 48.1 Å². The van der Waals surface area contributed by atoms with Crippen LogP contribution in [0.5, 0.6) is 0 Å². The second kappa shape index (κ2) is 8.84. The molecule has 6 heteroatoms. The van der Waals surface area contributed by atoms with Crippen LogP contribution in [0, 0.1) is 6.92 Å². The van der Waals surface area contributed by atoms with Crippen LogP contribution in [-0.2, 0) is 6.42 Å². The smallest absolute Gasteiger partial charge is 0.133 e. The number of aromatic nitrogens is 2. The fourth-order valence-corrected chi connectivity index (χ4v) is 4.27. The third-order valence-corrected chi connectivity index (χ3v) is 6.33. The van der Waals surface area contributed by atoms with E-state index in [2.05, 4.69) is 53.0 Å². The van der Waals surface area contributed by atoms with E-state index in [4.69, 9.17) is 10.7 Å². The number of nitrogens with zero attached hydrogens (tertiary/aromatic N) is 4. The van der Waals surface area contributed by atoms with E-state index in [0.29, 0.717) is 0 Å². The first kappa shape index (κ1) is 19.7. The molecule has 0 saturated carbocycles. The van der Waals surface area contributed by atoms with Crippen molar-refractivity contribution in [2.75, 3.05) is 43.9 Å². The van der Waals surface area contributed by atoms with Crippen molar-refractivity contribution in [2.45, 2.75) is 23.3 Å². The molecule has 150 valence electrons. The van der Waals surface area contributed by atoms with Gasteiger partial charge in [0.1, 0.15) is 10.9 Å². The van der Waals surface area contributed by atoms with Gasteiger partial charge in [-0.25, -0.2) is 9.97 Å². The normalized spacial score (nSPS) is 14.9. The van der Waals surface area contributed by atoms with Crippen LogP contribution in [0.4, 0.5) is 11.4 Å². The molecule has 0 spiro atoms. The SMILES string of the molecule is Cc1cnc(Cc2cccc(N3CCN(C)CC3)c2)nc1Sc1ccc(N)cc1. The van der Waals surface area contributed by atoms with Crippen LogP contribution >= 0.6 is 11.8 Å². The van der Waals surface area contributed by atoms with E-state index in [1.807, 2.05) is 30.5 Å². The van der Waals surface area contributed by atoms with E-state index in [9.17, 15) is 0 Å². The number of anilines is 2. The predicted octanol–water partition coefficient (Wildman–Crippen LogP) is 3.86. The number of hydrogen-bond acceptors (Lipinski definition) is 6. The van der Waals surface area contributed by atoms with Crippen molar-refractivity contribution in [2.24, 2.45) is 0 Å². The van der Waals surface area contributed by atoms with E-state index in [-0.39, 0.29) is 0 Å². The minimum atomic E-state index is 0.733. The Morgan fingerprint density at radius 2 is 1.79 bits per heavy atom. The Balaban J connectivity index is 1.49. The van der Waals surface area contributed by atoms with E-state index < -0.39 is 0 Å². The molecule has 0 atom stereocenters. The van der Waals surface area contributed by atoms with Gasteiger partial charge in [0.2, 0.25) is 0 Å². The molecular weight excluding hydrogens is 378 g/mol. The molecule has 5 nitrogen and oxygen atoms in total. The molecule has 0 aliphatic carbocycles. The van der Waals surface area contributed by atoms with E-state index in [1.54, 1.807) is 11.8 Å². The first-order chi connectivity index (χ1) is 14.1. The standard InChI is InChI=1S/C23H27N5S/c1-17-16-25-22(26-23(17)29-21-8-6-19(24)7-9-21)15-18-4-3-5-20(14-18)28-12-10-27(2)11-13-28/h3-9,14,16H,10-13,15,24H2,1-2H3. The average molecular weight is 406 g/mol. The number of nitrogen functional groups attached to an aromatic ring is 1. The summed E-state index contributed by atoms with van der Waals surface area (Å²) in [6.07, 6.45) is 2.66. The largest absolute Gasteiger partial charge is 0.399 e. The second-order valence-corrected chi connectivity index (χ2v) is 8.64. The van der Waals surface area contributed by atoms with Crippen LogP contribution in [0.2, 0.25) is 0 Å². The van der Waals surface area contributed by atoms with Gasteiger partial charge in [0.15, 0.2) is 0 Å². The van der Waals surface area contributed by atoms with Gasteiger partial charge < -0.3 is 15.5 Å². The molecule has 2 N–H and O–H groups in total. The summed E-state index contributed by atoms with van der Waals surface area (Å²) in [6, 6.07) is 16.7. The number of likely N-dealkylation sites (N-methyl/N-ethyl adjacent to an activating group) is 1. The number of piperazine rings is 1. The maximum atomic E-state index is 5.79. The summed E-state index contributed by atoms with van der Waals surface area (Å²) in [5.41, 5.74) is 10.2. The van der Waals surface area contributed by atoms with Gasteiger partial charge in [0.25, 0.3) is 0 Å². The van der Waals surface area contributed by atoms with Gasteiger partial charge in [0, 0.05) is 55.1 Å². The summed E-state index contributed by atoms with van der Waals surface area (Å²) >= 11 is 1.65. The van der Waals surface area contributed by atoms with Crippen LogP contribution in [0.15, 0.2) is 64.6 Å². The Labute approximate surface area is 177 Å². The summed E-state index contributed by atoms with van der Waals surface area (Å²) in [6.45, 7) is 6.41. The Hall–Kier alpha value is -2.57. The van der Waals surface area contributed by atoms with Gasteiger partial charge >= 0.3 is 0 Å². The lowest BCUT2D eigenvalue weighted by Crippen LogP contribution is -2.44. The highest BCUT2D eigenvalue weighted by Gasteiger charge is 2.15. The molecule has 1 aromatic heterocycles. The zero-order chi connectivity index (χ0) is 20.2. The van der Waals surface area contributed by atoms with Gasteiger partial charge in [-0.3, -0.25) is 0 Å². The van der Waals surface area contributed by atoms with Gasteiger partial charge in [-0.05, 0) is 61.5 Å². The summed E-state index contributed by atoms with van der Waals surface area (Å²) in [7, 11) is 2.18. The molecule has 1 aliphatic rings. The summed E-state index contributed by atoms with van der Waals surface area (Å²) in [5, 5.41) is 0.995. The number of hydrogen-bond donors (Lipinski definition) is 1. The van der Waals surface area contributed by atoms with Crippen molar-refractivity contribution in [3.05, 3.63) is 71.7 Å². The molecule has 3 aromatic rings. The maximum absolute atomic E-state index is 5.79. The van der Waals surface area contributed by atoms with Crippen molar-refractivity contribution in [1.29, 1.82) is 0 Å². The third-order valence-electron chi connectivity index (χ3n) is 5.21. The number of benzene rings is 2. The minimum Gasteiger partial charge on any atom is -0.399 e. The fraction of sp³-hybridized carbons (Fsp3) is 0.304. The highest BCUT2D eigenvalue weighted by atomic mass is 32.2. The first-order valence-corrected chi connectivity index (χ1v) is 10.8. The van der Waals surface area contributed by atoms with Crippen LogP contribution in [0.1, 0.15) is 17.0 Å². The molecule has 2 heterocycles. The number of aryl methyl sites for hydroxylation is 1. The first-order valence-electron chi connectivity index (χ1n) is 9.95. The lowest BCUT2D eigenvalue weighted by molar-refractivity contribution is 0.313. The topological polar surface area (TPSA) is 58.3 Å². The molecule has 1 fully saturated rings. The maximum Gasteiger partial charge on any atom is 0.133 e. The van der Waals surface area contributed by atoms with E-state index in [1.165, 1.54) is 11.3 Å². The van der Waals surface area contributed by atoms with Gasteiger partial charge in [-0.1, -0.05) is 23.9 Å². The molecule has 1 aliphatic heterocycles. The Morgan fingerprint density at radius 3 is 2.55 bits per heavy atom. The van der Waals surface area contributed by atoms with Crippen molar-refractivity contribution in [3.8, 4) is 0 Å². The summed E-state index contributed by atoms with van der Waals surface area (Å²) in [4.78, 5) is 15.4. The van der Waals surface area contributed by atoms with E-state index in [0.717, 1.165) is 59.6 Å². The Morgan fingerprint density at radius 1 is 1.03 bits per heavy atom. The molecule has 2 aromatic carbocycles. The highest BCUT2D eigenvalue weighted by Crippen LogP contribution is 2.29. The lowest BCUT2D eigenvalue weighted by atomic mass is 10.1. The fourth-order valence-electron chi connectivity index (χ4n) is 3.41. The highest BCUT2D eigenvalue weighted by molar-refractivity contribution is 7.99. The lowest BCUT2D eigenvalue weighted by Gasteiger charge is -2.34. The summed E-state index contributed by atoms with van der Waals surface area (Å²) < 4.78 is 0. The monoisotopic (exact) mass is 405 g/mol. The van der Waals surface area contributed by atoms with Gasteiger partial charge in [0.05, 0.1) is 0 Å². The molecule has 29 heavy (non-hydrogen) atoms. The third kappa shape index (κ3) is 5.08. The van der Waals surface area contributed by atoms with Crippen LogP contribution < -0.4 is 10.6 Å². The second-order valence-electron chi connectivity index (χ2n) is 7.58. The molecule has 0 unspecified atom stereocenters. The summed E-state index contributed by atoms with van der Waals surface area (Å²) in [5.74, 6) is 0.851.